The van der Waals surface area contributed by atoms with Crippen molar-refractivity contribution in [3.63, 3.8) is 0 Å². The van der Waals surface area contributed by atoms with Crippen LogP contribution in [0.25, 0.3) is 0 Å². The van der Waals surface area contributed by atoms with Crippen molar-refractivity contribution in [1.29, 1.82) is 0 Å². The molecule has 10 heteroatoms. The number of rotatable bonds is 4. The first-order valence-corrected chi connectivity index (χ1v) is 8.05. The topological polar surface area (TPSA) is 55.4 Å². The largest absolute Gasteiger partial charge is 0.449 e. The summed E-state index contributed by atoms with van der Waals surface area (Å²) in [6.45, 7) is 1.18. The highest BCUT2D eigenvalue weighted by Crippen LogP contribution is 2.32. The molecule has 0 fully saturated rings. The van der Waals surface area contributed by atoms with Gasteiger partial charge < -0.3 is 10.1 Å². The molecule has 1 atom stereocenters. The van der Waals surface area contributed by atoms with Crippen LogP contribution >= 0.6 is 34.8 Å². The second-order valence-corrected chi connectivity index (χ2v) is 6.17. The number of esters is 1. The van der Waals surface area contributed by atoms with Gasteiger partial charge in [0, 0.05) is 0 Å². The summed E-state index contributed by atoms with van der Waals surface area (Å²) in [4.78, 5) is 24.2. The fraction of sp³-hybridized carbons (Fsp3) is 0.125. The second kappa shape index (κ2) is 8.16. The van der Waals surface area contributed by atoms with E-state index in [1.165, 1.54) is 19.1 Å². The zero-order chi connectivity index (χ0) is 19.6. The highest BCUT2D eigenvalue weighted by Gasteiger charge is 2.25. The Bertz CT molecular complexity index is 893. The Hall–Kier alpha value is -1.96. The number of nitrogens with one attached hydrogen (secondary N) is 1. The first kappa shape index (κ1) is 20.4. The molecule has 1 N–H and O–H groups in total. The van der Waals surface area contributed by atoms with Gasteiger partial charge in [-0.2, -0.15) is 0 Å². The number of ether oxygens (including phenoxy) is 1. The van der Waals surface area contributed by atoms with Gasteiger partial charge in [-0.25, -0.2) is 18.0 Å². The maximum atomic E-state index is 13.6. The summed E-state index contributed by atoms with van der Waals surface area (Å²) < 4.78 is 44.6. The van der Waals surface area contributed by atoms with Gasteiger partial charge in [0.25, 0.3) is 5.91 Å². The van der Waals surface area contributed by atoms with Gasteiger partial charge in [-0.3, -0.25) is 4.79 Å². The Labute approximate surface area is 160 Å². The van der Waals surface area contributed by atoms with Crippen molar-refractivity contribution in [2.24, 2.45) is 0 Å². The summed E-state index contributed by atoms with van der Waals surface area (Å²) in [5.41, 5.74) is -0.866. The van der Waals surface area contributed by atoms with Crippen molar-refractivity contribution < 1.29 is 27.5 Å². The molecule has 1 amide bonds. The summed E-state index contributed by atoms with van der Waals surface area (Å²) in [7, 11) is 0. The van der Waals surface area contributed by atoms with Crippen molar-refractivity contribution in [2.45, 2.75) is 13.0 Å². The SMILES string of the molecule is CC(OC(=O)c1c(Cl)ccc(Cl)c1Cl)C(=O)Nc1ccc(F)c(F)c1F. The summed E-state index contributed by atoms with van der Waals surface area (Å²) in [6.07, 6.45) is -1.43. The number of carbonyl (C=O) groups excluding carboxylic acids is 2. The molecule has 0 heterocycles. The van der Waals surface area contributed by atoms with Gasteiger partial charge in [-0.05, 0) is 31.2 Å². The summed E-state index contributed by atoms with van der Waals surface area (Å²) >= 11 is 17.6. The van der Waals surface area contributed by atoms with E-state index in [2.05, 4.69) is 0 Å². The molecular weight excluding hydrogens is 418 g/mol. The van der Waals surface area contributed by atoms with Crippen molar-refractivity contribution in [3.05, 3.63) is 62.3 Å². The molecule has 0 saturated heterocycles. The van der Waals surface area contributed by atoms with Gasteiger partial charge in [0.05, 0.1) is 26.3 Å². The number of hydrogen-bond donors (Lipinski definition) is 1. The molecule has 138 valence electrons. The van der Waals surface area contributed by atoms with Crippen LogP contribution in [0, 0.1) is 17.5 Å². The fourth-order valence-corrected chi connectivity index (χ4v) is 2.53. The molecule has 2 rings (SSSR count). The first-order valence-electron chi connectivity index (χ1n) is 6.92. The highest BCUT2D eigenvalue weighted by molar-refractivity contribution is 6.46. The minimum Gasteiger partial charge on any atom is -0.449 e. The molecule has 0 aromatic heterocycles. The van der Waals surface area contributed by atoms with Gasteiger partial charge in [-0.15, -0.1) is 0 Å². The van der Waals surface area contributed by atoms with E-state index in [0.717, 1.165) is 6.07 Å². The van der Waals surface area contributed by atoms with E-state index in [4.69, 9.17) is 39.5 Å². The molecule has 0 aliphatic rings. The van der Waals surface area contributed by atoms with Crippen LogP contribution in [0.4, 0.5) is 18.9 Å². The number of amides is 1. The van der Waals surface area contributed by atoms with Crippen LogP contribution in [0.1, 0.15) is 17.3 Å². The lowest BCUT2D eigenvalue weighted by Gasteiger charge is -2.15. The lowest BCUT2D eigenvalue weighted by Crippen LogP contribution is -2.30. The van der Waals surface area contributed by atoms with Gasteiger partial charge in [0.15, 0.2) is 23.6 Å². The molecular formula is C16H9Cl3F3NO3. The third kappa shape index (κ3) is 4.23. The van der Waals surface area contributed by atoms with Crippen LogP contribution in [0.5, 0.6) is 0 Å². The Balaban J connectivity index is 2.14. The Morgan fingerprint density at radius 1 is 1.00 bits per heavy atom. The van der Waals surface area contributed by atoms with E-state index in [9.17, 15) is 22.8 Å². The Morgan fingerprint density at radius 2 is 1.62 bits per heavy atom. The van der Waals surface area contributed by atoms with Crippen LogP contribution in [0.15, 0.2) is 24.3 Å². The normalized spacial score (nSPS) is 11.8. The number of hydrogen-bond acceptors (Lipinski definition) is 3. The van der Waals surface area contributed by atoms with E-state index in [1.54, 1.807) is 0 Å². The number of benzene rings is 2. The van der Waals surface area contributed by atoms with E-state index in [0.29, 0.717) is 6.07 Å². The zero-order valence-corrected chi connectivity index (χ0v) is 15.1. The summed E-state index contributed by atoms with van der Waals surface area (Å²) in [5, 5.41) is 1.82. The lowest BCUT2D eigenvalue weighted by molar-refractivity contribution is -0.123. The third-order valence-electron chi connectivity index (χ3n) is 3.19. The molecule has 26 heavy (non-hydrogen) atoms. The number of carbonyl (C=O) groups is 2. The Morgan fingerprint density at radius 3 is 2.27 bits per heavy atom. The van der Waals surface area contributed by atoms with E-state index in [1.807, 2.05) is 5.32 Å². The zero-order valence-electron chi connectivity index (χ0n) is 12.9. The number of anilines is 1. The molecule has 4 nitrogen and oxygen atoms in total. The predicted molar refractivity (Wildman–Crippen MR) is 91.3 cm³/mol. The Kier molecular flexibility index (Phi) is 6.39. The molecule has 1 unspecified atom stereocenters. The summed E-state index contributed by atoms with van der Waals surface area (Å²) in [5.74, 6) is -6.78. The highest BCUT2D eigenvalue weighted by atomic mass is 35.5. The molecule has 0 aliphatic heterocycles. The van der Waals surface area contributed by atoms with E-state index in [-0.39, 0.29) is 20.6 Å². The molecule has 0 spiro atoms. The summed E-state index contributed by atoms with van der Waals surface area (Å²) in [6, 6.07) is 4.14. The number of halogens is 6. The fourth-order valence-electron chi connectivity index (χ4n) is 1.84. The van der Waals surface area contributed by atoms with E-state index >= 15 is 0 Å². The minimum absolute atomic E-state index is 0.0454. The maximum Gasteiger partial charge on any atom is 0.342 e. The van der Waals surface area contributed by atoms with E-state index < -0.39 is 41.1 Å². The van der Waals surface area contributed by atoms with Gasteiger partial charge in [-0.1, -0.05) is 34.8 Å². The van der Waals surface area contributed by atoms with Crippen molar-refractivity contribution >= 4 is 52.4 Å². The van der Waals surface area contributed by atoms with Crippen molar-refractivity contribution in [3.8, 4) is 0 Å². The van der Waals surface area contributed by atoms with Gasteiger partial charge in [0.2, 0.25) is 0 Å². The maximum absolute atomic E-state index is 13.6. The average molecular weight is 427 g/mol. The molecule has 0 radical (unpaired) electrons. The minimum atomic E-state index is -1.75. The second-order valence-electron chi connectivity index (χ2n) is 4.98. The monoisotopic (exact) mass is 425 g/mol. The van der Waals surface area contributed by atoms with Gasteiger partial charge in [0.1, 0.15) is 0 Å². The molecule has 0 bridgehead atoms. The first-order chi connectivity index (χ1) is 12.1. The molecule has 0 saturated carbocycles. The van der Waals surface area contributed by atoms with Crippen LogP contribution in [-0.2, 0) is 9.53 Å². The van der Waals surface area contributed by atoms with Crippen LogP contribution < -0.4 is 5.32 Å². The van der Waals surface area contributed by atoms with Crippen molar-refractivity contribution in [1.82, 2.24) is 0 Å². The van der Waals surface area contributed by atoms with Crippen LogP contribution in [0.3, 0.4) is 0 Å². The van der Waals surface area contributed by atoms with Gasteiger partial charge >= 0.3 is 5.97 Å². The molecule has 0 aliphatic carbocycles. The molecule has 2 aromatic carbocycles. The lowest BCUT2D eigenvalue weighted by atomic mass is 10.2. The average Bonchev–Trinajstić information content (AvgIpc) is 2.58. The van der Waals surface area contributed by atoms with Crippen LogP contribution in [0.2, 0.25) is 15.1 Å². The van der Waals surface area contributed by atoms with Crippen LogP contribution in [-0.4, -0.2) is 18.0 Å². The molecule has 2 aromatic rings. The standard InChI is InChI=1S/C16H9Cl3F3NO3/c1-6(15(24)23-10-5-4-9(20)13(21)14(10)22)26-16(25)11-7(17)2-3-8(18)12(11)19/h2-6H,1H3,(H,23,24). The van der Waals surface area contributed by atoms with Crippen molar-refractivity contribution in [2.75, 3.05) is 5.32 Å². The third-order valence-corrected chi connectivity index (χ3v) is 4.31. The smallest absolute Gasteiger partial charge is 0.342 e. The quantitative estimate of drug-likeness (QED) is 0.413. The predicted octanol–water partition coefficient (Wildman–Crippen LogP) is 5.25.